The molecule has 0 aliphatic carbocycles. The van der Waals surface area contributed by atoms with Crippen LogP contribution in [-0.4, -0.2) is 23.7 Å². The number of likely N-dealkylation sites (N-methyl/N-ethyl adjacent to an activating group) is 1. The summed E-state index contributed by atoms with van der Waals surface area (Å²) in [4.78, 5) is 13.2. The Labute approximate surface area is 103 Å². The number of benzene rings is 1. The first-order valence-electron chi connectivity index (χ1n) is 6.07. The van der Waals surface area contributed by atoms with Gasteiger partial charge >= 0.3 is 5.97 Å². The number of rotatable bonds is 5. The van der Waals surface area contributed by atoms with Gasteiger partial charge in [0, 0.05) is 12.2 Å². The van der Waals surface area contributed by atoms with Gasteiger partial charge in [-0.05, 0) is 44.4 Å². The predicted molar refractivity (Wildman–Crippen MR) is 70.7 cm³/mol. The zero-order valence-corrected chi connectivity index (χ0v) is 11.0. The number of carboxylic acid groups (broad SMARTS) is 1. The van der Waals surface area contributed by atoms with Crippen LogP contribution in [0.2, 0.25) is 0 Å². The summed E-state index contributed by atoms with van der Waals surface area (Å²) in [7, 11) is 0. The van der Waals surface area contributed by atoms with Crippen LogP contribution in [-0.2, 0) is 4.79 Å². The van der Waals surface area contributed by atoms with E-state index < -0.39 is 12.0 Å². The van der Waals surface area contributed by atoms with Crippen molar-refractivity contribution in [3.8, 4) is 0 Å². The van der Waals surface area contributed by atoms with E-state index in [0.29, 0.717) is 13.0 Å². The second-order valence-corrected chi connectivity index (χ2v) is 4.34. The Balaban J connectivity index is 3.16. The molecule has 1 rings (SSSR count). The van der Waals surface area contributed by atoms with Gasteiger partial charge in [0.15, 0.2) is 0 Å². The lowest BCUT2D eigenvalue weighted by Gasteiger charge is -2.30. The fourth-order valence-electron chi connectivity index (χ4n) is 2.12. The highest BCUT2D eigenvalue weighted by Gasteiger charge is 2.23. The third kappa shape index (κ3) is 2.99. The molecule has 0 radical (unpaired) electrons. The van der Waals surface area contributed by atoms with E-state index in [9.17, 15) is 9.90 Å². The quantitative estimate of drug-likeness (QED) is 0.853. The number of anilines is 1. The zero-order valence-electron chi connectivity index (χ0n) is 11.0. The summed E-state index contributed by atoms with van der Waals surface area (Å²) in [5, 5.41) is 9.25. The topological polar surface area (TPSA) is 40.5 Å². The van der Waals surface area contributed by atoms with Gasteiger partial charge in [0.2, 0.25) is 0 Å². The van der Waals surface area contributed by atoms with Crippen LogP contribution in [0.15, 0.2) is 18.2 Å². The highest BCUT2D eigenvalue weighted by molar-refractivity contribution is 5.78. The van der Waals surface area contributed by atoms with Gasteiger partial charge in [0.05, 0.1) is 0 Å². The van der Waals surface area contributed by atoms with Gasteiger partial charge in [-0.2, -0.15) is 0 Å². The van der Waals surface area contributed by atoms with Crippen molar-refractivity contribution in [2.75, 3.05) is 11.4 Å². The lowest BCUT2D eigenvalue weighted by Crippen LogP contribution is -2.41. The Kier molecular flexibility index (Phi) is 4.55. The van der Waals surface area contributed by atoms with Crippen molar-refractivity contribution in [1.29, 1.82) is 0 Å². The van der Waals surface area contributed by atoms with Crippen LogP contribution in [0.3, 0.4) is 0 Å². The smallest absolute Gasteiger partial charge is 0.326 e. The van der Waals surface area contributed by atoms with E-state index >= 15 is 0 Å². The monoisotopic (exact) mass is 235 g/mol. The highest BCUT2D eigenvalue weighted by atomic mass is 16.4. The van der Waals surface area contributed by atoms with E-state index in [-0.39, 0.29) is 0 Å². The van der Waals surface area contributed by atoms with Crippen LogP contribution in [0.5, 0.6) is 0 Å². The Morgan fingerprint density at radius 2 is 2.00 bits per heavy atom. The first-order chi connectivity index (χ1) is 8.01. The summed E-state index contributed by atoms with van der Waals surface area (Å²) >= 11 is 0. The molecule has 0 aromatic heterocycles. The standard InChI is InChI=1S/C14H21NO2/c1-5-12(14(16)17)15(6-2)13-9-10(3)7-8-11(13)4/h7-9,12H,5-6H2,1-4H3,(H,16,17). The number of carboxylic acids is 1. The average Bonchev–Trinajstić information content (AvgIpc) is 2.28. The molecule has 0 aliphatic heterocycles. The second kappa shape index (κ2) is 5.71. The Bertz CT molecular complexity index is 401. The minimum Gasteiger partial charge on any atom is -0.480 e. The molecular formula is C14H21NO2. The van der Waals surface area contributed by atoms with Crippen molar-refractivity contribution in [3.05, 3.63) is 29.3 Å². The fourth-order valence-corrected chi connectivity index (χ4v) is 2.12. The van der Waals surface area contributed by atoms with Crippen LogP contribution in [0.25, 0.3) is 0 Å². The van der Waals surface area contributed by atoms with Gasteiger partial charge in [-0.1, -0.05) is 19.1 Å². The molecule has 0 amide bonds. The Morgan fingerprint density at radius 1 is 1.35 bits per heavy atom. The fraction of sp³-hybridized carbons (Fsp3) is 0.500. The van der Waals surface area contributed by atoms with E-state index in [1.807, 2.05) is 44.7 Å². The van der Waals surface area contributed by atoms with Crippen molar-refractivity contribution in [2.45, 2.75) is 40.2 Å². The maximum atomic E-state index is 11.3. The molecule has 1 unspecified atom stereocenters. The normalized spacial score (nSPS) is 12.2. The number of hydrogen-bond donors (Lipinski definition) is 1. The van der Waals surface area contributed by atoms with Gasteiger partial charge in [-0.25, -0.2) is 4.79 Å². The van der Waals surface area contributed by atoms with E-state index in [1.165, 1.54) is 0 Å². The molecule has 94 valence electrons. The molecule has 0 fully saturated rings. The summed E-state index contributed by atoms with van der Waals surface area (Å²) < 4.78 is 0. The van der Waals surface area contributed by atoms with E-state index in [4.69, 9.17) is 0 Å². The van der Waals surface area contributed by atoms with Crippen molar-refractivity contribution in [2.24, 2.45) is 0 Å². The van der Waals surface area contributed by atoms with Crippen molar-refractivity contribution in [1.82, 2.24) is 0 Å². The van der Waals surface area contributed by atoms with E-state index in [1.54, 1.807) is 0 Å². The largest absolute Gasteiger partial charge is 0.480 e. The minimum absolute atomic E-state index is 0.444. The van der Waals surface area contributed by atoms with Crippen LogP contribution in [0.1, 0.15) is 31.4 Å². The number of aryl methyl sites for hydroxylation is 2. The Morgan fingerprint density at radius 3 is 2.47 bits per heavy atom. The summed E-state index contributed by atoms with van der Waals surface area (Å²) in [6.45, 7) is 8.65. The summed E-state index contributed by atoms with van der Waals surface area (Å²) in [5.41, 5.74) is 3.31. The molecule has 0 heterocycles. The molecule has 0 saturated carbocycles. The summed E-state index contributed by atoms with van der Waals surface area (Å²) in [5.74, 6) is -0.754. The maximum Gasteiger partial charge on any atom is 0.326 e. The van der Waals surface area contributed by atoms with Gasteiger partial charge < -0.3 is 10.0 Å². The number of carbonyl (C=O) groups is 1. The average molecular weight is 235 g/mol. The minimum atomic E-state index is -0.754. The summed E-state index contributed by atoms with van der Waals surface area (Å²) in [6, 6.07) is 5.71. The first kappa shape index (κ1) is 13.6. The number of nitrogens with zero attached hydrogens (tertiary/aromatic N) is 1. The SMILES string of the molecule is CCC(C(=O)O)N(CC)c1cc(C)ccc1C. The van der Waals surface area contributed by atoms with Crippen LogP contribution in [0, 0.1) is 13.8 Å². The molecule has 17 heavy (non-hydrogen) atoms. The van der Waals surface area contributed by atoms with Crippen LogP contribution in [0.4, 0.5) is 5.69 Å². The lowest BCUT2D eigenvalue weighted by molar-refractivity contribution is -0.138. The van der Waals surface area contributed by atoms with E-state index in [2.05, 4.69) is 6.07 Å². The van der Waals surface area contributed by atoms with Crippen molar-refractivity contribution in [3.63, 3.8) is 0 Å². The molecule has 0 spiro atoms. The van der Waals surface area contributed by atoms with Gasteiger partial charge in [-0.15, -0.1) is 0 Å². The zero-order chi connectivity index (χ0) is 13.0. The highest BCUT2D eigenvalue weighted by Crippen LogP contribution is 2.24. The van der Waals surface area contributed by atoms with Crippen molar-refractivity contribution >= 4 is 11.7 Å². The maximum absolute atomic E-state index is 11.3. The third-order valence-corrected chi connectivity index (χ3v) is 3.06. The van der Waals surface area contributed by atoms with Gasteiger partial charge in [0.25, 0.3) is 0 Å². The molecule has 1 aromatic rings. The number of aliphatic carboxylic acids is 1. The van der Waals surface area contributed by atoms with Crippen molar-refractivity contribution < 1.29 is 9.90 Å². The van der Waals surface area contributed by atoms with Gasteiger partial charge in [0.1, 0.15) is 6.04 Å². The molecule has 0 aliphatic rings. The molecule has 0 bridgehead atoms. The molecule has 0 saturated heterocycles. The predicted octanol–water partition coefficient (Wildman–Crippen LogP) is 2.99. The molecule has 1 N–H and O–H groups in total. The molecular weight excluding hydrogens is 214 g/mol. The molecule has 3 nitrogen and oxygen atoms in total. The Hall–Kier alpha value is -1.51. The summed E-state index contributed by atoms with van der Waals surface area (Å²) in [6.07, 6.45) is 0.608. The van der Waals surface area contributed by atoms with E-state index in [0.717, 1.165) is 16.8 Å². The van der Waals surface area contributed by atoms with Gasteiger partial charge in [-0.3, -0.25) is 0 Å². The molecule has 1 aromatic carbocycles. The molecule has 1 atom stereocenters. The lowest BCUT2D eigenvalue weighted by atomic mass is 10.1. The second-order valence-electron chi connectivity index (χ2n) is 4.34. The molecule has 3 heteroatoms. The van der Waals surface area contributed by atoms with Crippen LogP contribution >= 0.6 is 0 Å². The first-order valence-corrected chi connectivity index (χ1v) is 6.07. The van der Waals surface area contributed by atoms with Crippen LogP contribution < -0.4 is 4.90 Å². The number of hydrogen-bond acceptors (Lipinski definition) is 2. The third-order valence-electron chi connectivity index (χ3n) is 3.06.